The molecule has 0 atom stereocenters. The maximum absolute atomic E-state index is 11.7. The van der Waals surface area contributed by atoms with E-state index in [-0.39, 0.29) is 5.56 Å². The molecular weight excluding hydrogens is 336 g/mol. The van der Waals surface area contributed by atoms with Crippen LogP contribution in [0, 0.1) is 0 Å². The zero-order chi connectivity index (χ0) is 15.2. The van der Waals surface area contributed by atoms with Gasteiger partial charge in [0.15, 0.2) is 0 Å². The SMILES string of the molecule is Cn1ncc(NCCCOC2CCC(N)CC2)c(Br)c1=O. The minimum atomic E-state index is -0.144. The van der Waals surface area contributed by atoms with Crippen LogP contribution in [0.5, 0.6) is 0 Å². The molecule has 0 amide bonds. The molecule has 1 saturated carbocycles. The summed E-state index contributed by atoms with van der Waals surface area (Å²) in [7, 11) is 1.63. The Kier molecular flexibility index (Phi) is 6.20. The molecule has 7 heteroatoms. The highest BCUT2D eigenvalue weighted by atomic mass is 79.9. The molecule has 0 aromatic carbocycles. The number of hydrogen-bond donors (Lipinski definition) is 2. The van der Waals surface area contributed by atoms with E-state index in [4.69, 9.17) is 10.5 Å². The van der Waals surface area contributed by atoms with Gasteiger partial charge in [-0.25, -0.2) is 4.68 Å². The van der Waals surface area contributed by atoms with Crippen LogP contribution in [0.3, 0.4) is 0 Å². The summed E-state index contributed by atoms with van der Waals surface area (Å²) in [5, 5.41) is 7.19. The van der Waals surface area contributed by atoms with E-state index in [2.05, 4.69) is 26.3 Å². The molecule has 0 radical (unpaired) electrons. The number of halogens is 1. The van der Waals surface area contributed by atoms with Crippen molar-refractivity contribution in [3.8, 4) is 0 Å². The van der Waals surface area contributed by atoms with Crippen LogP contribution in [0.25, 0.3) is 0 Å². The van der Waals surface area contributed by atoms with E-state index in [9.17, 15) is 4.79 Å². The van der Waals surface area contributed by atoms with Crippen LogP contribution >= 0.6 is 15.9 Å². The van der Waals surface area contributed by atoms with E-state index < -0.39 is 0 Å². The highest BCUT2D eigenvalue weighted by Gasteiger charge is 2.18. The second kappa shape index (κ2) is 7.91. The fraction of sp³-hybridized carbons (Fsp3) is 0.714. The number of aromatic nitrogens is 2. The largest absolute Gasteiger partial charge is 0.383 e. The molecule has 0 aliphatic heterocycles. The van der Waals surface area contributed by atoms with Gasteiger partial charge in [0.1, 0.15) is 4.47 Å². The van der Waals surface area contributed by atoms with Gasteiger partial charge in [-0.3, -0.25) is 4.79 Å². The van der Waals surface area contributed by atoms with E-state index >= 15 is 0 Å². The lowest BCUT2D eigenvalue weighted by Crippen LogP contribution is -2.30. The first-order valence-corrected chi connectivity index (χ1v) is 8.20. The summed E-state index contributed by atoms with van der Waals surface area (Å²) in [5.41, 5.74) is 6.45. The number of nitrogens with one attached hydrogen (secondary N) is 1. The second-order valence-electron chi connectivity index (χ2n) is 5.49. The van der Waals surface area contributed by atoms with Crippen LogP contribution in [0.2, 0.25) is 0 Å². The van der Waals surface area contributed by atoms with Crippen molar-refractivity contribution in [3.05, 3.63) is 21.0 Å². The first-order chi connectivity index (χ1) is 10.1. The number of aryl methyl sites for hydroxylation is 1. The van der Waals surface area contributed by atoms with E-state index in [1.54, 1.807) is 13.2 Å². The molecule has 0 bridgehead atoms. The predicted octanol–water partition coefficient (Wildman–Crippen LogP) is 1.63. The summed E-state index contributed by atoms with van der Waals surface area (Å²) < 4.78 is 7.67. The average Bonchev–Trinajstić information content (AvgIpc) is 2.48. The average molecular weight is 359 g/mol. The van der Waals surface area contributed by atoms with Gasteiger partial charge < -0.3 is 15.8 Å². The van der Waals surface area contributed by atoms with Gasteiger partial charge in [-0.15, -0.1) is 0 Å². The Morgan fingerprint density at radius 3 is 2.90 bits per heavy atom. The number of hydrogen-bond acceptors (Lipinski definition) is 5. The Balaban J connectivity index is 1.66. The Bertz CT molecular complexity index is 512. The lowest BCUT2D eigenvalue weighted by Gasteiger charge is -2.26. The molecule has 1 aliphatic rings. The number of ether oxygens (including phenoxy) is 1. The number of nitrogens with two attached hydrogens (primary N) is 1. The van der Waals surface area contributed by atoms with E-state index in [1.165, 1.54) is 4.68 Å². The lowest BCUT2D eigenvalue weighted by molar-refractivity contribution is 0.0251. The zero-order valence-corrected chi connectivity index (χ0v) is 13.9. The Labute approximate surface area is 133 Å². The van der Waals surface area contributed by atoms with Crippen LogP contribution < -0.4 is 16.6 Å². The van der Waals surface area contributed by atoms with Crippen molar-refractivity contribution in [1.82, 2.24) is 9.78 Å². The third-order valence-corrected chi connectivity index (χ3v) is 4.55. The molecule has 1 aliphatic carbocycles. The van der Waals surface area contributed by atoms with Crippen molar-refractivity contribution >= 4 is 21.6 Å². The quantitative estimate of drug-likeness (QED) is 0.755. The summed E-state index contributed by atoms with van der Waals surface area (Å²) in [5.74, 6) is 0. The number of nitrogens with zero attached hydrogens (tertiary/aromatic N) is 2. The molecule has 0 saturated heterocycles. The van der Waals surface area contributed by atoms with Crippen LogP contribution in [0.1, 0.15) is 32.1 Å². The van der Waals surface area contributed by atoms with E-state index in [0.717, 1.165) is 50.9 Å². The number of rotatable bonds is 6. The van der Waals surface area contributed by atoms with Crippen LogP contribution in [-0.4, -0.2) is 35.1 Å². The van der Waals surface area contributed by atoms with Crippen LogP contribution in [-0.2, 0) is 11.8 Å². The molecule has 6 nitrogen and oxygen atoms in total. The molecule has 3 N–H and O–H groups in total. The van der Waals surface area contributed by atoms with E-state index in [1.807, 2.05) is 0 Å². The van der Waals surface area contributed by atoms with Crippen molar-refractivity contribution in [1.29, 1.82) is 0 Å². The van der Waals surface area contributed by atoms with Gasteiger partial charge in [0.2, 0.25) is 0 Å². The highest BCUT2D eigenvalue weighted by molar-refractivity contribution is 9.10. The number of anilines is 1. The van der Waals surface area contributed by atoms with Crippen LogP contribution in [0.15, 0.2) is 15.5 Å². The van der Waals surface area contributed by atoms with Crippen molar-refractivity contribution < 1.29 is 4.74 Å². The maximum atomic E-state index is 11.7. The minimum Gasteiger partial charge on any atom is -0.383 e. The monoisotopic (exact) mass is 358 g/mol. The molecule has 1 aromatic heterocycles. The van der Waals surface area contributed by atoms with Gasteiger partial charge in [0.25, 0.3) is 5.56 Å². The minimum absolute atomic E-state index is 0.144. The highest BCUT2D eigenvalue weighted by Crippen LogP contribution is 2.20. The van der Waals surface area contributed by atoms with Gasteiger partial charge in [-0.05, 0) is 48.0 Å². The van der Waals surface area contributed by atoms with E-state index in [0.29, 0.717) is 16.6 Å². The molecule has 1 fully saturated rings. The van der Waals surface area contributed by atoms with Gasteiger partial charge in [0.05, 0.1) is 18.0 Å². The molecular formula is C14H23BrN4O2. The maximum Gasteiger partial charge on any atom is 0.282 e. The van der Waals surface area contributed by atoms with Gasteiger partial charge in [-0.2, -0.15) is 5.10 Å². The standard InChI is InChI=1S/C14H23BrN4O2/c1-19-14(20)13(15)12(9-18-19)17-7-2-8-21-11-5-3-10(16)4-6-11/h9-11,17H,2-8,16H2,1H3. The zero-order valence-electron chi connectivity index (χ0n) is 12.3. The van der Waals surface area contributed by atoms with Crippen LogP contribution in [0.4, 0.5) is 5.69 Å². The Morgan fingerprint density at radius 1 is 1.48 bits per heavy atom. The molecule has 1 heterocycles. The lowest BCUT2D eigenvalue weighted by atomic mass is 9.94. The van der Waals surface area contributed by atoms with Crippen molar-refractivity contribution in [3.63, 3.8) is 0 Å². The summed E-state index contributed by atoms with van der Waals surface area (Å²) in [6.07, 6.45) is 7.17. The molecule has 1 aromatic rings. The first-order valence-electron chi connectivity index (χ1n) is 7.41. The van der Waals surface area contributed by atoms with Gasteiger partial charge in [0, 0.05) is 26.2 Å². The van der Waals surface area contributed by atoms with Crippen molar-refractivity contribution in [2.75, 3.05) is 18.5 Å². The Morgan fingerprint density at radius 2 is 2.19 bits per heavy atom. The third-order valence-electron chi connectivity index (χ3n) is 3.79. The van der Waals surface area contributed by atoms with Crippen molar-refractivity contribution in [2.24, 2.45) is 12.8 Å². The normalized spacial score (nSPS) is 22.2. The topological polar surface area (TPSA) is 82.2 Å². The molecule has 21 heavy (non-hydrogen) atoms. The van der Waals surface area contributed by atoms with Gasteiger partial charge >= 0.3 is 0 Å². The predicted molar refractivity (Wildman–Crippen MR) is 86.5 cm³/mol. The summed E-state index contributed by atoms with van der Waals surface area (Å²) in [6, 6.07) is 0.358. The smallest absolute Gasteiger partial charge is 0.282 e. The molecule has 2 rings (SSSR count). The summed E-state index contributed by atoms with van der Waals surface area (Å²) in [6.45, 7) is 1.47. The fourth-order valence-electron chi connectivity index (χ4n) is 2.43. The fourth-order valence-corrected chi connectivity index (χ4v) is 2.93. The Hall–Kier alpha value is -0.920. The second-order valence-corrected chi connectivity index (χ2v) is 6.28. The first kappa shape index (κ1) is 16.5. The summed E-state index contributed by atoms with van der Waals surface area (Å²) in [4.78, 5) is 11.7. The molecule has 0 spiro atoms. The molecule has 118 valence electrons. The van der Waals surface area contributed by atoms with Crippen molar-refractivity contribution in [2.45, 2.75) is 44.2 Å². The summed E-state index contributed by atoms with van der Waals surface area (Å²) >= 11 is 3.29. The molecule has 0 unspecified atom stereocenters. The van der Waals surface area contributed by atoms with Gasteiger partial charge in [-0.1, -0.05) is 0 Å². The third kappa shape index (κ3) is 4.79.